The van der Waals surface area contributed by atoms with Gasteiger partial charge in [0.1, 0.15) is 0 Å². The molecule has 0 unspecified atom stereocenters. The number of anilines is 1. The highest BCUT2D eigenvalue weighted by molar-refractivity contribution is 9.11. The minimum absolute atomic E-state index is 0.317. The maximum atomic E-state index is 10.8. The largest absolute Gasteiger partial charge is 0.478 e. The van der Waals surface area contributed by atoms with Crippen LogP contribution in [-0.4, -0.2) is 11.1 Å². The summed E-state index contributed by atoms with van der Waals surface area (Å²) in [5, 5.41) is 12.2. The molecule has 0 amide bonds. The molecule has 0 radical (unpaired) electrons. The van der Waals surface area contributed by atoms with Gasteiger partial charge in [-0.1, -0.05) is 0 Å². The molecular formula is C13H12BrNO2S. The van der Waals surface area contributed by atoms with Crippen molar-refractivity contribution in [2.75, 3.05) is 5.32 Å². The van der Waals surface area contributed by atoms with E-state index in [1.807, 2.05) is 13.0 Å². The Morgan fingerprint density at radius 1 is 1.39 bits per heavy atom. The van der Waals surface area contributed by atoms with E-state index in [1.54, 1.807) is 29.5 Å². The standard InChI is InChI=1S/C13H12BrNO2S/c1-8-6-9(13(16)17)2-4-11(8)15-7-10-3-5-12(14)18-10/h2-6,15H,7H2,1H3,(H,16,17). The van der Waals surface area contributed by atoms with Gasteiger partial charge in [-0.2, -0.15) is 0 Å². The summed E-state index contributed by atoms with van der Waals surface area (Å²) in [6.45, 7) is 2.64. The molecule has 0 aliphatic rings. The summed E-state index contributed by atoms with van der Waals surface area (Å²) < 4.78 is 1.11. The third-order valence-corrected chi connectivity index (χ3v) is 4.18. The number of aromatic carboxylic acids is 1. The van der Waals surface area contributed by atoms with E-state index >= 15 is 0 Å². The van der Waals surface area contributed by atoms with E-state index in [9.17, 15) is 4.79 Å². The number of aryl methyl sites for hydroxylation is 1. The number of carboxylic acids is 1. The van der Waals surface area contributed by atoms with E-state index in [0.29, 0.717) is 5.56 Å². The van der Waals surface area contributed by atoms with Crippen LogP contribution in [0.15, 0.2) is 34.1 Å². The second-order valence-electron chi connectivity index (χ2n) is 3.89. The molecule has 0 bridgehead atoms. The Labute approximate surface area is 118 Å². The van der Waals surface area contributed by atoms with Crippen molar-refractivity contribution in [2.45, 2.75) is 13.5 Å². The van der Waals surface area contributed by atoms with Crippen molar-refractivity contribution >= 4 is 38.9 Å². The van der Waals surface area contributed by atoms with Crippen LogP contribution in [0.1, 0.15) is 20.8 Å². The Morgan fingerprint density at radius 3 is 2.72 bits per heavy atom. The van der Waals surface area contributed by atoms with Gasteiger partial charge in [-0.15, -0.1) is 11.3 Å². The third kappa shape index (κ3) is 3.11. The zero-order chi connectivity index (χ0) is 13.1. The lowest BCUT2D eigenvalue weighted by Crippen LogP contribution is -2.02. The third-order valence-electron chi connectivity index (χ3n) is 2.56. The summed E-state index contributed by atoms with van der Waals surface area (Å²) in [6, 6.07) is 9.17. The summed E-state index contributed by atoms with van der Waals surface area (Å²) in [5.74, 6) is -0.896. The van der Waals surface area contributed by atoms with Gasteiger partial charge in [0.05, 0.1) is 9.35 Å². The summed E-state index contributed by atoms with van der Waals surface area (Å²) in [6.07, 6.45) is 0. The van der Waals surface area contributed by atoms with Crippen LogP contribution in [0, 0.1) is 6.92 Å². The molecule has 94 valence electrons. The lowest BCUT2D eigenvalue weighted by Gasteiger charge is -2.09. The first kappa shape index (κ1) is 13.1. The van der Waals surface area contributed by atoms with Crippen molar-refractivity contribution in [1.82, 2.24) is 0 Å². The smallest absolute Gasteiger partial charge is 0.335 e. The van der Waals surface area contributed by atoms with Gasteiger partial charge >= 0.3 is 5.97 Å². The van der Waals surface area contributed by atoms with E-state index in [1.165, 1.54) is 4.88 Å². The van der Waals surface area contributed by atoms with Crippen molar-refractivity contribution in [3.63, 3.8) is 0 Å². The Bertz CT molecular complexity index is 580. The summed E-state index contributed by atoms with van der Waals surface area (Å²) in [4.78, 5) is 12.0. The van der Waals surface area contributed by atoms with Crippen molar-refractivity contribution in [3.05, 3.63) is 50.1 Å². The fraction of sp³-hybridized carbons (Fsp3) is 0.154. The SMILES string of the molecule is Cc1cc(C(=O)O)ccc1NCc1ccc(Br)s1. The van der Waals surface area contributed by atoms with Gasteiger partial charge in [-0.25, -0.2) is 4.79 Å². The van der Waals surface area contributed by atoms with Crippen LogP contribution in [0.25, 0.3) is 0 Å². The van der Waals surface area contributed by atoms with Gasteiger partial charge in [0.25, 0.3) is 0 Å². The van der Waals surface area contributed by atoms with Crippen LogP contribution >= 0.6 is 27.3 Å². The van der Waals surface area contributed by atoms with Crippen molar-refractivity contribution < 1.29 is 9.90 Å². The topological polar surface area (TPSA) is 49.3 Å². The zero-order valence-corrected chi connectivity index (χ0v) is 12.1. The molecule has 0 aliphatic carbocycles. The van der Waals surface area contributed by atoms with E-state index < -0.39 is 5.97 Å². The molecule has 2 aromatic rings. The monoisotopic (exact) mass is 325 g/mol. The highest BCUT2D eigenvalue weighted by Crippen LogP contribution is 2.24. The van der Waals surface area contributed by atoms with Crippen LogP contribution in [0.2, 0.25) is 0 Å². The van der Waals surface area contributed by atoms with Gasteiger partial charge in [-0.05, 0) is 58.7 Å². The average molecular weight is 326 g/mol. The van der Waals surface area contributed by atoms with E-state index in [2.05, 4.69) is 27.3 Å². The summed E-state index contributed by atoms with van der Waals surface area (Å²) in [7, 11) is 0. The molecule has 0 aliphatic heterocycles. The molecule has 1 aromatic carbocycles. The second-order valence-corrected chi connectivity index (χ2v) is 6.44. The number of nitrogens with one attached hydrogen (secondary N) is 1. The molecule has 0 saturated heterocycles. The number of carbonyl (C=O) groups is 1. The Morgan fingerprint density at radius 2 is 2.17 bits per heavy atom. The molecule has 0 fully saturated rings. The summed E-state index contributed by atoms with van der Waals surface area (Å²) >= 11 is 5.10. The minimum atomic E-state index is -0.896. The van der Waals surface area contributed by atoms with Gasteiger partial charge in [0, 0.05) is 17.1 Å². The fourth-order valence-corrected chi connectivity index (χ4v) is 3.05. The van der Waals surface area contributed by atoms with E-state index in [0.717, 1.165) is 21.6 Å². The number of hydrogen-bond acceptors (Lipinski definition) is 3. The fourth-order valence-electron chi connectivity index (χ4n) is 1.62. The first-order valence-corrected chi connectivity index (χ1v) is 6.99. The molecule has 0 atom stereocenters. The van der Waals surface area contributed by atoms with Gasteiger partial charge in [0.2, 0.25) is 0 Å². The molecule has 2 rings (SSSR count). The van der Waals surface area contributed by atoms with Crippen molar-refractivity contribution in [1.29, 1.82) is 0 Å². The average Bonchev–Trinajstić information content (AvgIpc) is 2.73. The van der Waals surface area contributed by atoms with Gasteiger partial charge in [-0.3, -0.25) is 0 Å². The van der Waals surface area contributed by atoms with Crippen LogP contribution < -0.4 is 5.32 Å². The van der Waals surface area contributed by atoms with Gasteiger partial charge in [0.15, 0.2) is 0 Å². The first-order chi connectivity index (χ1) is 8.56. The highest BCUT2D eigenvalue weighted by atomic mass is 79.9. The molecule has 1 heterocycles. The van der Waals surface area contributed by atoms with Crippen LogP contribution in [0.4, 0.5) is 5.69 Å². The maximum Gasteiger partial charge on any atom is 0.335 e. The zero-order valence-electron chi connectivity index (χ0n) is 9.74. The van der Waals surface area contributed by atoms with E-state index in [-0.39, 0.29) is 0 Å². The number of halogens is 1. The highest BCUT2D eigenvalue weighted by Gasteiger charge is 2.05. The number of hydrogen-bond donors (Lipinski definition) is 2. The Kier molecular flexibility index (Phi) is 4.04. The molecule has 5 heteroatoms. The predicted octanol–water partition coefficient (Wildman–Crippen LogP) is 4.13. The molecule has 0 spiro atoms. The first-order valence-electron chi connectivity index (χ1n) is 5.38. The number of rotatable bonds is 4. The summed E-state index contributed by atoms with van der Waals surface area (Å²) in [5.41, 5.74) is 2.21. The van der Waals surface area contributed by atoms with Crippen LogP contribution in [0.5, 0.6) is 0 Å². The molecule has 18 heavy (non-hydrogen) atoms. The number of carboxylic acid groups (broad SMARTS) is 1. The second kappa shape index (κ2) is 5.54. The maximum absolute atomic E-state index is 10.8. The van der Waals surface area contributed by atoms with Gasteiger partial charge < -0.3 is 10.4 Å². The minimum Gasteiger partial charge on any atom is -0.478 e. The molecular weight excluding hydrogens is 314 g/mol. The Hall–Kier alpha value is -1.33. The van der Waals surface area contributed by atoms with Crippen LogP contribution in [-0.2, 0) is 6.54 Å². The predicted molar refractivity (Wildman–Crippen MR) is 77.5 cm³/mol. The normalized spacial score (nSPS) is 10.3. The molecule has 0 saturated carbocycles. The molecule has 1 aromatic heterocycles. The van der Waals surface area contributed by atoms with E-state index in [4.69, 9.17) is 5.11 Å². The quantitative estimate of drug-likeness (QED) is 0.888. The molecule has 3 nitrogen and oxygen atoms in total. The lowest BCUT2D eigenvalue weighted by molar-refractivity contribution is 0.0697. The Balaban J connectivity index is 2.08. The lowest BCUT2D eigenvalue weighted by atomic mass is 10.1. The van der Waals surface area contributed by atoms with Crippen LogP contribution in [0.3, 0.4) is 0 Å². The number of benzene rings is 1. The van der Waals surface area contributed by atoms with Crippen molar-refractivity contribution in [3.8, 4) is 0 Å². The molecule has 2 N–H and O–H groups in total. The number of thiophene rings is 1. The van der Waals surface area contributed by atoms with Crippen molar-refractivity contribution in [2.24, 2.45) is 0 Å².